The predicted octanol–water partition coefficient (Wildman–Crippen LogP) is -2.85. The molecule has 0 radical (unpaired) electrons. The number of hydrogen-bond acceptors (Lipinski definition) is 5. The Morgan fingerprint density at radius 3 is 1.74 bits per heavy atom. The van der Waals surface area contributed by atoms with Gasteiger partial charge in [-0.2, -0.15) is 0 Å². The molecule has 12 heteroatoms. The Labute approximate surface area is 131 Å². The van der Waals surface area contributed by atoms with Crippen LogP contribution >= 0.6 is 15.2 Å². The molecule has 0 aromatic carbocycles. The van der Waals surface area contributed by atoms with Gasteiger partial charge in [-0.25, -0.2) is 9.97 Å². The van der Waals surface area contributed by atoms with Crippen molar-refractivity contribution in [1.29, 1.82) is 0 Å². The monoisotopic (exact) mass is 320 g/mol. The summed E-state index contributed by atoms with van der Waals surface area (Å²) in [5.41, 5.74) is -1.36. The molecule has 1 aromatic rings. The van der Waals surface area contributed by atoms with Crippen molar-refractivity contribution in [3.63, 3.8) is 0 Å². The molecule has 0 aliphatic heterocycles. The van der Waals surface area contributed by atoms with Crippen LogP contribution < -0.4 is 34.9 Å². The summed E-state index contributed by atoms with van der Waals surface area (Å²) < 4.78 is 22.1. The minimum Gasteiger partial charge on any atom is -0.330 e. The van der Waals surface area contributed by atoms with E-state index < -0.39 is 20.7 Å². The molecule has 1 aromatic heterocycles. The summed E-state index contributed by atoms with van der Waals surface area (Å²) in [6.45, 7) is 3.23. The fourth-order valence-electron chi connectivity index (χ4n) is 1.27. The van der Waals surface area contributed by atoms with Crippen LogP contribution in [0.25, 0.3) is 0 Å². The molecule has 0 unspecified atom stereocenters. The average Bonchev–Trinajstić information content (AvgIpc) is 2.08. The molecule has 0 spiro atoms. The van der Waals surface area contributed by atoms with Gasteiger partial charge in [0.2, 0.25) is 11.5 Å². The first-order chi connectivity index (χ1) is 8.00. The van der Waals surface area contributed by atoms with Gasteiger partial charge in [0.15, 0.2) is 0 Å². The van der Waals surface area contributed by atoms with Gasteiger partial charge in [-0.05, 0) is 19.9 Å². The number of anilines is 1. The van der Waals surface area contributed by atoms with Crippen molar-refractivity contribution in [2.24, 2.45) is 0 Å². The van der Waals surface area contributed by atoms with E-state index in [9.17, 15) is 9.13 Å². The van der Waals surface area contributed by atoms with E-state index in [0.717, 1.165) is 0 Å². The van der Waals surface area contributed by atoms with E-state index in [0.29, 0.717) is 11.4 Å². The maximum absolute atomic E-state index is 11.0. The fourth-order valence-corrected chi connectivity index (χ4v) is 3.40. The van der Waals surface area contributed by atoms with Crippen LogP contribution in [0.2, 0.25) is 0 Å². The minimum atomic E-state index is -5.05. The second-order valence-electron chi connectivity index (χ2n) is 3.67. The predicted molar refractivity (Wildman–Crippen MR) is 63.0 cm³/mol. The summed E-state index contributed by atoms with van der Waals surface area (Å²) in [6, 6.07) is 1.61. The largest absolute Gasteiger partial charge is 1.00 e. The number of rotatable bonds is 4. The third kappa shape index (κ3) is 5.99. The van der Waals surface area contributed by atoms with Crippen molar-refractivity contribution >= 4 is 21.1 Å². The van der Waals surface area contributed by atoms with Crippen molar-refractivity contribution in [2.45, 2.75) is 19.4 Å². The number of aromatic nitrogens is 2. The average molecular weight is 320 g/mol. The maximum Gasteiger partial charge on any atom is 1.00 e. The first-order valence-corrected chi connectivity index (χ1v) is 8.06. The quantitative estimate of drug-likeness (QED) is 0.291. The molecule has 5 N–H and O–H groups in total. The first kappa shape index (κ1) is 19.2. The second-order valence-corrected chi connectivity index (χ2v) is 7.47. The Kier molecular flexibility index (Phi) is 6.82. The van der Waals surface area contributed by atoms with Gasteiger partial charge in [0.25, 0.3) is 0 Å². The van der Waals surface area contributed by atoms with Crippen LogP contribution in [0.3, 0.4) is 0 Å². The summed E-state index contributed by atoms with van der Waals surface area (Å²) in [6.07, 6.45) is 0. The van der Waals surface area contributed by atoms with Crippen LogP contribution in [0, 0.1) is 13.8 Å². The van der Waals surface area contributed by atoms with Gasteiger partial charge in [0.05, 0.1) is 0 Å². The first-order valence-electron chi connectivity index (χ1n) is 4.69. The van der Waals surface area contributed by atoms with Crippen LogP contribution in [0.4, 0.5) is 5.95 Å². The topological polar surface area (TPSA) is 153 Å². The molecular formula is C7H13N3NaO6P2+. The molecule has 0 aliphatic carbocycles. The Balaban J connectivity index is 0.00000324. The van der Waals surface area contributed by atoms with E-state index >= 15 is 0 Å². The van der Waals surface area contributed by atoms with Gasteiger partial charge in [0.1, 0.15) is 0 Å². The molecule has 1 rings (SSSR count). The van der Waals surface area contributed by atoms with Crippen molar-refractivity contribution in [3.05, 3.63) is 17.5 Å². The smallest absolute Gasteiger partial charge is 0.330 e. The van der Waals surface area contributed by atoms with Gasteiger partial charge < -0.3 is 24.9 Å². The zero-order valence-corrected chi connectivity index (χ0v) is 14.3. The fraction of sp³-hybridized carbons (Fsp3) is 0.429. The molecule has 0 fully saturated rings. The van der Waals surface area contributed by atoms with Gasteiger partial charge in [-0.1, -0.05) is 0 Å². The Bertz CT molecular complexity index is 501. The van der Waals surface area contributed by atoms with Crippen LogP contribution in [0.5, 0.6) is 0 Å². The maximum atomic E-state index is 11.0. The van der Waals surface area contributed by atoms with E-state index in [1.807, 2.05) is 5.32 Å². The zero-order chi connectivity index (χ0) is 14.1. The van der Waals surface area contributed by atoms with E-state index in [4.69, 9.17) is 19.6 Å². The molecule has 1 heterocycles. The molecule has 9 nitrogen and oxygen atoms in total. The molecule has 0 aliphatic rings. The van der Waals surface area contributed by atoms with E-state index in [2.05, 4.69) is 9.97 Å². The SMILES string of the molecule is Cc1cc(C)nc(NC(P(=O)(O)O)P(=O)(O)O)n1.[Na+]. The third-order valence-corrected chi connectivity index (χ3v) is 5.22. The minimum absolute atomic E-state index is 0. The third-order valence-electron chi connectivity index (χ3n) is 1.88. The Hall–Kier alpha value is 0.180. The van der Waals surface area contributed by atoms with Crippen molar-refractivity contribution in [1.82, 2.24) is 9.97 Å². The van der Waals surface area contributed by atoms with Gasteiger partial charge in [-0.3, -0.25) is 9.13 Å². The van der Waals surface area contributed by atoms with Crippen LogP contribution in [0.15, 0.2) is 6.07 Å². The molecule has 0 amide bonds. The molecule has 0 saturated carbocycles. The second kappa shape index (κ2) is 6.76. The number of nitrogens with one attached hydrogen (secondary N) is 1. The summed E-state index contributed by atoms with van der Waals surface area (Å²) in [5, 5.41) is 1.99. The van der Waals surface area contributed by atoms with Gasteiger partial charge in [-0.15, -0.1) is 0 Å². The molecule has 0 atom stereocenters. The van der Waals surface area contributed by atoms with E-state index in [1.54, 1.807) is 19.9 Å². The van der Waals surface area contributed by atoms with Crippen LogP contribution in [-0.2, 0) is 9.13 Å². The molecule has 19 heavy (non-hydrogen) atoms. The summed E-state index contributed by atoms with van der Waals surface area (Å²) in [7, 11) is -10.1. The molecule has 0 bridgehead atoms. The molecule has 0 saturated heterocycles. The Morgan fingerprint density at radius 1 is 1.05 bits per heavy atom. The summed E-state index contributed by atoms with van der Waals surface area (Å²) in [5.74, 6) is -0.246. The normalized spacial score (nSPS) is 12.2. The summed E-state index contributed by atoms with van der Waals surface area (Å²) in [4.78, 5) is 43.2. The summed E-state index contributed by atoms with van der Waals surface area (Å²) >= 11 is 0. The van der Waals surface area contributed by atoms with Crippen molar-refractivity contribution in [2.75, 3.05) is 5.32 Å². The number of nitrogens with zero attached hydrogens (tertiary/aromatic N) is 2. The van der Waals surface area contributed by atoms with Gasteiger partial charge in [0, 0.05) is 11.4 Å². The molecular weight excluding hydrogens is 307 g/mol. The number of hydrogen-bond donors (Lipinski definition) is 5. The molecule has 102 valence electrons. The van der Waals surface area contributed by atoms with E-state index in [1.165, 1.54) is 0 Å². The van der Waals surface area contributed by atoms with E-state index in [-0.39, 0.29) is 35.5 Å². The van der Waals surface area contributed by atoms with Crippen molar-refractivity contribution < 1.29 is 58.3 Å². The van der Waals surface area contributed by atoms with Crippen LogP contribution in [0.1, 0.15) is 11.4 Å². The number of aryl methyl sites for hydroxylation is 2. The van der Waals surface area contributed by atoms with Gasteiger partial charge >= 0.3 is 44.7 Å². The van der Waals surface area contributed by atoms with Crippen molar-refractivity contribution in [3.8, 4) is 0 Å². The zero-order valence-electron chi connectivity index (χ0n) is 10.5. The standard InChI is InChI=1S/C7H13N3O6P2.Na/c1-4-3-5(2)9-6(8-4)10-7(17(11,12)13)18(14,15)16;/h3,7H,1-2H3,(H,8,9,10)(H2,11,12,13)(H2,14,15,16);/q;+1. The van der Waals surface area contributed by atoms with Crippen LogP contribution in [-0.4, -0.2) is 35.1 Å². The Morgan fingerprint density at radius 2 is 1.42 bits per heavy atom.